The van der Waals surface area contributed by atoms with Crippen LogP contribution in [0.1, 0.15) is 35.4 Å². The maximum absolute atomic E-state index is 5.56. The fourth-order valence-corrected chi connectivity index (χ4v) is 2.30. The van der Waals surface area contributed by atoms with Gasteiger partial charge in [-0.2, -0.15) is 0 Å². The molecule has 24 heavy (non-hydrogen) atoms. The van der Waals surface area contributed by atoms with E-state index in [4.69, 9.17) is 4.42 Å². The van der Waals surface area contributed by atoms with Gasteiger partial charge in [-0.25, -0.2) is 9.98 Å². The van der Waals surface area contributed by atoms with Gasteiger partial charge < -0.3 is 15.1 Å². The van der Waals surface area contributed by atoms with Gasteiger partial charge in [-0.1, -0.05) is 24.3 Å². The molecule has 0 spiro atoms. The Kier molecular flexibility index (Phi) is 8.81. The van der Waals surface area contributed by atoms with E-state index >= 15 is 0 Å². The minimum atomic E-state index is 0. The summed E-state index contributed by atoms with van der Waals surface area (Å²) in [5.41, 5.74) is 3.60. The highest BCUT2D eigenvalue weighted by Gasteiger charge is 2.05. The Labute approximate surface area is 161 Å². The molecule has 6 heteroatoms. The number of benzene rings is 1. The molecule has 0 amide bonds. The number of halogens is 1. The first-order chi connectivity index (χ1) is 11.1. The smallest absolute Gasteiger partial charge is 0.216 e. The van der Waals surface area contributed by atoms with Crippen LogP contribution in [0.5, 0.6) is 0 Å². The van der Waals surface area contributed by atoms with Crippen molar-refractivity contribution in [3.63, 3.8) is 0 Å². The molecule has 2 N–H and O–H groups in total. The number of hydrogen-bond acceptors (Lipinski definition) is 3. The van der Waals surface area contributed by atoms with E-state index in [1.165, 1.54) is 11.1 Å². The zero-order valence-electron chi connectivity index (χ0n) is 14.8. The van der Waals surface area contributed by atoms with Crippen LogP contribution in [0.15, 0.2) is 33.7 Å². The van der Waals surface area contributed by atoms with E-state index in [-0.39, 0.29) is 24.0 Å². The molecule has 5 nitrogen and oxygen atoms in total. The molecule has 0 atom stereocenters. The van der Waals surface area contributed by atoms with Crippen LogP contribution < -0.4 is 10.6 Å². The van der Waals surface area contributed by atoms with Crippen LogP contribution in [0.25, 0.3) is 0 Å². The van der Waals surface area contributed by atoms with Gasteiger partial charge in [0.1, 0.15) is 12.3 Å². The highest BCUT2D eigenvalue weighted by atomic mass is 127. The van der Waals surface area contributed by atoms with E-state index in [0.29, 0.717) is 12.4 Å². The summed E-state index contributed by atoms with van der Waals surface area (Å²) in [5, 5.41) is 6.60. The number of nitrogens with zero attached hydrogens (tertiary/aromatic N) is 2. The lowest BCUT2D eigenvalue weighted by Crippen LogP contribution is -2.38. The summed E-state index contributed by atoms with van der Waals surface area (Å²) in [4.78, 5) is 8.88. The molecule has 132 valence electrons. The van der Waals surface area contributed by atoms with Gasteiger partial charge in [-0.3, -0.25) is 0 Å². The molecular formula is C18H27IN4O. The summed E-state index contributed by atoms with van der Waals surface area (Å²) in [6.07, 6.45) is 0.967. The quantitative estimate of drug-likeness (QED) is 0.409. The Hall–Kier alpha value is -1.57. The third-order valence-electron chi connectivity index (χ3n) is 3.74. The average molecular weight is 442 g/mol. The van der Waals surface area contributed by atoms with Crippen LogP contribution >= 0.6 is 24.0 Å². The molecular weight excluding hydrogens is 415 g/mol. The molecule has 0 unspecified atom stereocenters. The Morgan fingerprint density at radius 2 is 1.92 bits per heavy atom. The van der Waals surface area contributed by atoms with Crippen molar-refractivity contribution in [1.82, 2.24) is 15.6 Å². The summed E-state index contributed by atoms with van der Waals surface area (Å²) >= 11 is 0. The molecule has 1 aromatic heterocycles. The van der Waals surface area contributed by atoms with Gasteiger partial charge >= 0.3 is 0 Å². The van der Waals surface area contributed by atoms with Crippen molar-refractivity contribution in [2.24, 2.45) is 4.99 Å². The normalized spacial score (nSPS) is 11.1. The van der Waals surface area contributed by atoms with E-state index in [2.05, 4.69) is 58.7 Å². The predicted octanol–water partition coefficient (Wildman–Crippen LogP) is 3.52. The third kappa shape index (κ3) is 6.14. The number of aromatic nitrogens is 1. The molecule has 0 aliphatic rings. The largest absolute Gasteiger partial charge is 0.444 e. The number of guanidine groups is 1. The van der Waals surface area contributed by atoms with Crippen molar-refractivity contribution in [2.45, 2.75) is 40.7 Å². The number of nitrogens with one attached hydrogen (secondary N) is 2. The van der Waals surface area contributed by atoms with E-state index in [1.807, 2.05) is 13.8 Å². The number of hydrogen-bond donors (Lipinski definition) is 2. The van der Waals surface area contributed by atoms with Crippen LogP contribution in [-0.2, 0) is 13.0 Å². The van der Waals surface area contributed by atoms with Crippen LogP contribution in [-0.4, -0.2) is 24.0 Å². The molecule has 0 aliphatic heterocycles. The summed E-state index contributed by atoms with van der Waals surface area (Å²) < 4.78 is 5.56. The van der Waals surface area contributed by atoms with Crippen LogP contribution in [0, 0.1) is 20.8 Å². The van der Waals surface area contributed by atoms with Gasteiger partial charge in [0.05, 0.1) is 5.69 Å². The molecule has 0 bridgehead atoms. The lowest BCUT2D eigenvalue weighted by atomic mass is 10.1. The van der Waals surface area contributed by atoms with Gasteiger partial charge in [0, 0.05) is 13.1 Å². The number of oxazole rings is 1. The van der Waals surface area contributed by atoms with E-state index in [1.54, 1.807) is 0 Å². The summed E-state index contributed by atoms with van der Waals surface area (Å²) in [5.74, 6) is 2.29. The molecule has 2 rings (SSSR count). The maximum atomic E-state index is 5.56. The first kappa shape index (κ1) is 20.5. The van der Waals surface area contributed by atoms with Crippen LogP contribution in [0.2, 0.25) is 0 Å². The van der Waals surface area contributed by atoms with E-state index in [0.717, 1.165) is 36.9 Å². The molecule has 1 aromatic carbocycles. The lowest BCUT2D eigenvalue weighted by molar-refractivity contribution is 0.473. The van der Waals surface area contributed by atoms with Gasteiger partial charge in [0.15, 0.2) is 5.96 Å². The van der Waals surface area contributed by atoms with Gasteiger partial charge in [0.2, 0.25) is 5.89 Å². The average Bonchev–Trinajstić information content (AvgIpc) is 2.85. The van der Waals surface area contributed by atoms with Gasteiger partial charge in [0.25, 0.3) is 0 Å². The van der Waals surface area contributed by atoms with Gasteiger partial charge in [-0.05, 0) is 45.2 Å². The zero-order chi connectivity index (χ0) is 16.7. The monoisotopic (exact) mass is 442 g/mol. The molecule has 0 fully saturated rings. The minimum absolute atomic E-state index is 0. The van der Waals surface area contributed by atoms with Crippen molar-refractivity contribution >= 4 is 29.9 Å². The predicted molar refractivity (Wildman–Crippen MR) is 109 cm³/mol. The second-order valence-corrected chi connectivity index (χ2v) is 5.55. The van der Waals surface area contributed by atoms with Crippen LogP contribution in [0.3, 0.4) is 0 Å². The fourth-order valence-electron chi connectivity index (χ4n) is 2.30. The Bertz CT molecular complexity index is 647. The number of aliphatic imine (C=N–C) groups is 1. The number of aryl methyl sites for hydroxylation is 3. The Morgan fingerprint density at radius 1 is 1.17 bits per heavy atom. The van der Waals surface area contributed by atoms with Crippen LogP contribution in [0.4, 0.5) is 0 Å². The second-order valence-electron chi connectivity index (χ2n) is 5.55. The van der Waals surface area contributed by atoms with Crippen molar-refractivity contribution in [1.29, 1.82) is 0 Å². The highest BCUT2D eigenvalue weighted by Crippen LogP contribution is 2.09. The minimum Gasteiger partial charge on any atom is -0.444 e. The van der Waals surface area contributed by atoms with Crippen molar-refractivity contribution < 1.29 is 4.42 Å². The Balaban J connectivity index is 0.00000288. The molecule has 0 saturated carbocycles. The summed E-state index contributed by atoms with van der Waals surface area (Å²) in [6, 6.07) is 8.45. The van der Waals surface area contributed by atoms with Gasteiger partial charge in [-0.15, -0.1) is 24.0 Å². The second kappa shape index (κ2) is 10.3. The number of rotatable bonds is 6. The molecule has 0 aliphatic carbocycles. The Morgan fingerprint density at radius 3 is 2.54 bits per heavy atom. The van der Waals surface area contributed by atoms with Crippen molar-refractivity contribution in [2.75, 3.05) is 13.1 Å². The fraction of sp³-hybridized carbons (Fsp3) is 0.444. The molecule has 1 heterocycles. The SMILES string of the molecule is CCNC(=NCc1nc(C)c(C)o1)NCCc1ccccc1C.I. The molecule has 2 aromatic rings. The first-order valence-electron chi connectivity index (χ1n) is 8.09. The first-order valence-corrected chi connectivity index (χ1v) is 8.09. The molecule has 0 saturated heterocycles. The maximum Gasteiger partial charge on any atom is 0.216 e. The van der Waals surface area contributed by atoms with E-state index < -0.39 is 0 Å². The summed E-state index contributed by atoms with van der Waals surface area (Å²) in [6.45, 7) is 10.1. The van der Waals surface area contributed by atoms with Crippen molar-refractivity contribution in [3.8, 4) is 0 Å². The van der Waals surface area contributed by atoms with E-state index in [9.17, 15) is 0 Å². The third-order valence-corrected chi connectivity index (χ3v) is 3.74. The zero-order valence-corrected chi connectivity index (χ0v) is 17.2. The standard InChI is InChI=1S/C18H26N4O.HI/c1-5-19-18(21-12-17-22-14(3)15(4)23-17)20-11-10-16-9-7-6-8-13(16)2;/h6-9H,5,10-12H2,1-4H3,(H2,19,20,21);1H. The topological polar surface area (TPSA) is 62.5 Å². The van der Waals surface area contributed by atoms with Crippen molar-refractivity contribution in [3.05, 3.63) is 52.7 Å². The summed E-state index contributed by atoms with van der Waals surface area (Å²) in [7, 11) is 0. The molecule has 0 radical (unpaired) electrons. The lowest BCUT2D eigenvalue weighted by Gasteiger charge is -2.11. The highest BCUT2D eigenvalue weighted by molar-refractivity contribution is 14.0.